The Kier molecular flexibility index (Phi) is 5.80. The summed E-state index contributed by atoms with van der Waals surface area (Å²) in [6.07, 6.45) is 4.44. The molecule has 1 atom stereocenters. The molecule has 0 unspecified atom stereocenters. The van der Waals surface area contributed by atoms with Crippen molar-refractivity contribution in [2.75, 3.05) is 15.9 Å². The first-order valence-electron chi connectivity index (χ1n) is 7.28. The summed E-state index contributed by atoms with van der Waals surface area (Å²) in [7, 11) is -3.69. The maximum absolute atomic E-state index is 12.6. The number of hydrogen-bond donors (Lipinski definition) is 1. The van der Waals surface area contributed by atoms with Crippen LogP contribution in [0.1, 0.15) is 13.3 Å². The molecule has 0 saturated heterocycles. The molecular weight excluding hydrogens is 350 g/mol. The Labute approximate surface area is 146 Å². The lowest BCUT2D eigenvalue weighted by Gasteiger charge is -2.30. The van der Waals surface area contributed by atoms with Crippen LogP contribution in [0.5, 0.6) is 0 Å². The Morgan fingerprint density at radius 1 is 1.33 bits per heavy atom. The van der Waals surface area contributed by atoms with Crippen molar-refractivity contribution in [2.24, 2.45) is 0 Å². The third-order valence-corrected chi connectivity index (χ3v) is 4.74. The summed E-state index contributed by atoms with van der Waals surface area (Å²) < 4.78 is 25.7. The van der Waals surface area contributed by atoms with Gasteiger partial charge in [-0.3, -0.25) is 14.1 Å². The number of rotatable bonds is 6. The molecule has 6 nitrogen and oxygen atoms in total. The molecule has 1 amide bonds. The van der Waals surface area contributed by atoms with E-state index in [4.69, 9.17) is 11.6 Å². The number of anilines is 2. The number of nitrogens with one attached hydrogen (secondary N) is 1. The first kappa shape index (κ1) is 18.2. The minimum atomic E-state index is -3.69. The summed E-state index contributed by atoms with van der Waals surface area (Å²) in [6, 6.07) is 8.86. The Bertz CT molecular complexity index is 812. The first-order chi connectivity index (χ1) is 11.3. The van der Waals surface area contributed by atoms with Gasteiger partial charge in [0.2, 0.25) is 15.9 Å². The lowest BCUT2D eigenvalue weighted by atomic mass is 10.2. The molecule has 0 aliphatic rings. The molecular formula is C16H18ClN3O3S. The monoisotopic (exact) mass is 367 g/mol. The molecule has 1 aromatic heterocycles. The highest BCUT2D eigenvalue weighted by molar-refractivity contribution is 7.92. The van der Waals surface area contributed by atoms with Gasteiger partial charge in [0, 0.05) is 11.2 Å². The number of amides is 1. The van der Waals surface area contributed by atoms with Crippen LogP contribution in [0.25, 0.3) is 0 Å². The zero-order valence-electron chi connectivity index (χ0n) is 13.3. The maximum atomic E-state index is 12.6. The van der Waals surface area contributed by atoms with E-state index in [1.807, 2.05) is 0 Å². The summed E-state index contributed by atoms with van der Waals surface area (Å²) >= 11 is 5.97. The number of aromatic nitrogens is 1. The van der Waals surface area contributed by atoms with E-state index in [-0.39, 0.29) is 0 Å². The quantitative estimate of drug-likeness (QED) is 0.851. The van der Waals surface area contributed by atoms with Crippen molar-refractivity contribution < 1.29 is 13.2 Å². The fourth-order valence-electron chi connectivity index (χ4n) is 2.34. The number of hydrogen-bond acceptors (Lipinski definition) is 4. The van der Waals surface area contributed by atoms with Crippen LogP contribution in [0.15, 0.2) is 48.8 Å². The van der Waals surface area contributed by atoms with E-state index in [1.165, 1.54) is 12.3 Å². The average Bonchev–Trinajstić information content (AvgIpc) is 2.52. The molecule has 0 radical (unpaired) electrons. The van der Waals surface area contributed by atoms with Crippen molar-refractivity contribution >= 4 is 38.9 Å². The summed E-state index contributed by atoms with van der Waals surface area (Å²) in [5, 5.41) is 3.08. The molecule has 24 heavy (non-hydrogen) atoms. The highest BCUT2D eigenvalue weighted by atomic mass is 35.5. The van der Waals surface area contributed by atoms with Crippen LogP contribution >= 0.6 is 11.6 Å². The maximum Gasteiger partial charge on any atom is 0.248 e. The SMILES string of the molecule is CC[C@@H](C(=O)Nc1cccnc1)N(c1cccc(Cl)c1)S(C)(=O)=O. The van der Waals surface area contributed by atoms with Crippen LogP contribution < -0.4 is 9.62 Å². The smallest absolute Gasteiger partial charge is 0.248 e. The minimum absolute atomic E-state index is 0.297. The van der Waals surface area contributed by atoms with Gasteiger partial charge in [0.15, 0.2) is 0 Å². The fraction of sp³-hybridized carbons (Fsp3) is 0.250. The van der Waals surface area contributed by atoms with Gasteiger partial charge in [0.25, 0.3) is 0 Å². The predicted molar refractivity (Wildman–Crippen MR) is 95.7 cm³/mol. The normalized spacial score (nSPS) is 12.5. The van der Waals surface area contributed by atoms with E-state index in [0.29, 0.717) is 22.8 Å². The molecule has 8 heteroatoms. The van der Waals surface area contributed by atoms with Crippen LogP contribution in [0.2, 0.25) is 5.02 Å². The van der Waals surface area contributed by atoms with Gasteiger partial charge in [-0.25, -0.2) is 8.42 Å². The summed E-state index contributed by atoms with van der Waals surface area (Å²) in [4.78, 5) is 16.5. The lowest BCUT2D eigenvalue weighted by molar-refractivity contribution is -0.117. The van der Waals surface area contributed by atoms with E-state index >= 15 is 0 Å². The predicted octanol–water partition coefficient (Wildman–Crippen LogP) is 2.92. The third-order valence-electron chi connectivity index (χ3n) is 3.32. The molecule has 0 spiro atoms. The topological polar surface area (TPSA) is 79.4 Å². The highest BCUT2D eigenvalue weighted by Gasteiger charge is 2.31. The largest absolute Gasteiger partial charge is 0.323 e. The zero-order chi connectivity index (χ0) is 17.7. The molecule has 0 aliphatic heterocycles. The summed E-state index contributed by atoms with van der Waals surface area (Å²) in [5.41, 5.74) is 0.846. The molecule has 0 fully saturated rings. The minimum Gasteiger partial charge on any atom is -0.323 e. The molecule has 1 N–H and O–H groups in total. The summed E-state index contributed by atoms with van der Waals surface area (Å²) in [5.74, 6) is -0.434. The molecule has 2 aromatic rings. The van der Waals surface area contributed by atoms with Crippen molar-refractivity contribution in [3.63, 3.8) is 0 Å². The second kappa shape index (κ2) is 7.63. The highest BCUT2D eigenvalue weighted by Crippen LogP contribution is 2.25. The Hall–Kier alpha value is -2.12. The van der Waals surface area contributed by atoms with Gasteiger partial charge in [0.1, 0.15) is 6.04 Å². The van der Waals surface area contributed by atoms with Gasteiger partial charge in [-0.15, -0.1) is 0 Å². The lowest BCUT2D eigenvalue weighted by Crippen LogP contribution is -2.47. The zero-order valence-corrected chi connectivity index (χ0v) is 14.9. The van der Waals surface area contributed by atoms with Gasteiger partial charge < -0.3 is 5.32 Å². The molecule has 0 saturated carbocycles. The fourth-order valence-corrected chi connectivity index (χ4v) is 3.72. The van der Waals surface area contributed by atoms with Gasteiger partial charge in [-0.1, -0.05) is 24.6 Å². The van der Waals surface area contributed by atoms with E-state index in [2.05, 4.69) is 10.3 Å². The van der Waals surface area contributed by atoms with E-state index in [9.17, 15) is 13.2 Å². The van der Waals surface area contributed by atoms with Gasteiger partial charge >= 0.3 is 0 Å². The number of sulfonamides is 1. The van der Waals surface area contributed by atoms with Gasteiger partial charge in [0.05, 0.1) is 23.8 Å². The molecule has 1 aromatic carbocycles. The van der Waals surface area contributed by atoms with Crippen molar-refractivity contribution in [1.82, 2.24) is 4.98 Å². The Morgan fingerprint density at radius 2 is 2.08 bits per heavy atom. The number of carbonyl (C=O) groups excluding carboxylic acids is 1. The van der Waals surface area contributed by atoms with Crippen LogP contribution in [-0.2, 0) is 14.8 Å². The molecule has 2 rings (SSSR count). The van der Waals surface area contributed by atoms with Crippen molar-refractivity contribution in [3.05, 3.63) is 53.8 Å². The Balaban J connectivity index is 2.37. The number of nitrogens with zero attached hydrogens (tertiary/aromatic N) is 2. The van der Waals surface area contributed by atoms with Crippen LogP contribution in [-0.4, -0.2) is 31.6 Å². The van der Waals surface area contributed by atoms with Crippen molar-refractivity contribution in [1.29, 1.82) is 0 Å². The van der Waals surface area contributed by atoms with Crippen molar-refractivity contribution in [3.8, 4) is 0 Å². The van der Waals surface area contributed by atoms with Gasteiger partial charge in [-0.2, -0.15) is 0 Å². The molecule has 0 aliphatic carbocycles. The molecule has 0 bridgehead atoms. The number of benzene rings is 1. The third kappa shape index (κ3) is 4.46. The van der Waals surface area contributed by atoms with E-state index in [0.717, 1.165) is 10.6 Å². The number of carbonyl (C=O) groups is 1. The van der Waals surface area contributed by atoms with E-state index < -0.39 is 22.0 Å². The van der Waals surface area contributed by atoms with Gasteiger partial charge in [-0.05, 0) is 36.8 Å². The van der Waals surface area contributed by atoms with E-state index in [1.54, 1.807) is 43.5 Å². The average molecular weight is 368 g/mol. The molecule has 1 heterocycles. The Morgan fingerprint density at radius 3 is 2.62 bits per heavy atom. The first-order valence-corrected chi connectivity index (χ1v) is 9.51. The number of pyridine rings is 1. The second-order valence-electron chi connectivity index (χ2n) is 5.19. The standard InChI is InChI=1S/C16H18ClN3O3S/c1-3-15(16(21)19-13-7-5-9-18-11-13)20(24(2,22)23)14-8-4-6-12(17)10-14/h4-11,15H,3H2,1-2H3,(H,19,21)/t15-/m0/s1. The second-order valence-corrected chi connectivity index (χ2v) is 7.49. The van der Waals surface area contributed by atoms with Crippen LogP contribution in [0.3, 0.4) is 0 Å². The van der Waals surface area contributed by atoms with Crippen LogP contribution in [0.4, 0.5) is 11.4 Å². The summed E-state index contributed by atoms with van der Waals surface area (Å²) in [6.45, 7) is 1.75. The molecule has 128 valence electrons. The number of halogens is 1. The van der Waals surface area contributed by atoms with Crippen LogP contribution in [0, 0.1) is 0 Å². The van der Waals surface area contributed by atoms with Crippen molar-refractivity contribution in [2.45, 2.75) is 19.4 Å².